The van der Waals surface area contributed by atoms with E-state index in [9.17, 15) is 4.79 Å². The largest absolute Gasteiger partial charge is 0.304 e. The molecule has 0 bridgehead atoms. The van der Waals surface area contributed by atoms with Gasteiger partial charge in [0.1, 0.15) is 10.6 Å². The number of amides is 1. The summed E-state index contributed by atoms with van der Waals surface area (Å²) in [7, 11) is 0. The van der Waals surface area contributed by atoms with Gasteiger partial charge in [-0.05, 0) is 18.6 Å². The zero-order valence-electron chi connectivity index (χ0n) is 17.2. The number of hydrogen-bond donors (Lipinski definition) is 1. The van der Waals surface area contributed by atoms with Gasteiger partial charge in [-0.2, -0.15) is 10.2 Å². The summed E-state index contributed by atoms with van der Waals surface area (Å²) >= 11 is 6.32. The molecule has 7 nitrogen and oxygen atoms in total. The molecule has 0 spiro atoms. The molecule has 0 aliphatic carbocycles. The highest BCUT2D eigenvalue weighted by Crippen LogP contribution is 2.24. The topological polar surface area (TPSA) is 77.1 Å². The molecule has 8 heteroatoms. The predicted molar refractivity (Wildman–Crippen MR) is 124 cm³/mol. The van der Waals surface area contributed by atoms with E-state index in [4.69, 9.17) is 11.6 Å². The first-order chi connectivity index (χ1) is 15.6. The van der Waals surface area contributed by atoms with Crippen LogP contribution in [0.5, 0.6) is 0 Å². The van der Waals surface area contributed by atoms with E-state index in [0.29, 0.717) is 28.6 Å². The Balaban J connectivity index is 1.41. The number of carbonyl (C=O) groups is 1. The molecule has 3 aromatic heterocycles. The summed E-state index contributed by atoms with van der Waals surface area (Å²) in [4.78, 5) is 17.4. The van der Waals surface area contributed by atoms with E-state index < -0.39 is 0 Å². The fraction of sp³-hybridized carbons (Fsp3) is 0.0833. The lowest BCUT2D eigenvalue weighted by atomic mass is 10.1. The summed E-state index contributed by atoms with van der Waals surface area (Å²) in [6, 6.07) is 19.9. The molecule has 0 aliphatic rings. The average Bonchev–Trinajstić information content (AvgIpc) is 3.38. The highest BCUT2D eigenvalue weighted by molar-refractivity contribution is 6.33. The summed E-state index contributed by atoms with van der Waals surface area (Å²) in [6.45, 7) is 2.59. The zero-order valence-corrected chi connectivity index (χ0v) is 18.0. The van der Waals surface area contributed by atoms with Crippen molar-refractivity contribution in [3.63, 3.8) is 0 Å². The number of anilines is 1. The van der Waals surface area contributed by atoms with Crippen molar-refractivity contribution in [3.05, 3.63) is 101 Å². The fourth-order valence-electron chi connectivity index (χ4n) is 3.50. The predicted octanol–water partition coefficient (Wildman–Crippen LogP) is 4.86. The zero-order chi connectivity index (χ0) is 22.1. The third-order valence-electron chi connectivity index (χ3n) is 5.13. The fourth-order valence-corrected chi connectivity index (χ4v) is 3.70. The molecule has 158 valence electrons. The number of aromatic nitrogens is 5. The molecule has 5 aromatic rings. The number of nitrogens with one attached hydrogen (secondary N) is 1. The highest BCUT2D eigenvalue weighted by atomic mass is 35.5. The minimum Gasteiger partial charge on any atom is -0.304 e. The Hall–Kier alpha value is -3.97. The van der Waals surface area contributed by atoms with Gasteiger partial charge in [0.05, 0.1) is 18.4 Å². The molecule has 0 fully saturated rings. The number of benzene rings is 2. The second kappa shape index (κ2) is 8.28. The Morgan fingerprint density at radius 2 is 1.84 bits per heavy atom. The summed E-state index contributed by atoms with van der Waals surface area (Å²) in [5, 5.41) is 12.0. The molecule has 0 unspecified atom stereocenters. The lowest BCUT2D eigenvalue weighted by molar-refractivity contribution is 0.102. The molecule has 0 saturated heterocycles. The molecule has 32 heavy (non-hydrogen) atoms. The van der Waals surface area contributed by atoms with Gasteiger partial charge in [0.2, 0.25) is 0 Å². The molecule has 0 atom stereocenters. The number of hydrogen-bond acceptors (Lipinski definition) is 4. The third-order valence-corrected chi connectivity index (χ3v) is 5.41. The summed E-state index contributed by atoms with van der Waals surface area (Å²) in [5.41, 5.74) is 4.89. The SMILES string of the molecule is Cc1ccc(-c2ccnc3c(C(=O)Nc4nn(Cc5ccccc5)cc4Cl)cnn23)cc1. The van der Waals surface area contributed by atoms with E-state index in [0.717, 1.165) is 16.8 Å². The first-order valence-electron chi connectivity index (χ1n) is 10.1. The second-order valence-corrected chi connectivity index (χ2v) is 7.86. The van der Waals surface area contributed by atoms with Gasteiger partial charge in [-0.3, -0.25) is 9.48 Å². The molecule has 1 N–H and O–H groups in total. The Labute approximate surface area is 189 Å². The maximum atomic E-state index is 13.0. The van der Waals surface area contributed by atoms with Crippen molar-refractivity contribution in [3.8, 4) is 11.3 Å². The van der Waals surface area contributed by atoms with Gasteiger partial charge < -0.3 is 5.32 Å². The van der Waals surface area contributed by atoms with Crippen molar-refractivity contribution < 1.29 is 4.79 Å². The van der Waals surface area contributed by atoms with E-state index in [1.807, 2.05) is 67.6 Å². The van der Waals surface area contributed by atoms with Crippen molar-refractivity contribution >= 4 is 29.0 Å². The second-order valence-electron chi connectivity index (χ2n) is 7.45. The van der Waals surface area contributed by atoms with Crippen LogP contribution in [0.2, 0.25) is 5.02 Å². The Kier molecular flexibility index (Phi) is 5.17. The van der Waals surface area contributed by atoms with Crippen LogP contribution in [0.4, 0.5) is 5.82 Å². The molecule has 0 aliphatic heterocycles. The van der Waals surface area contributed by atoms with Crippen LogP contribution >= 0.6 is 11.6 Å². The van der Waals surface area contributed by atoms with Gasteiger partial charge in [-0.25, -0.2) is 9.50 Å². The summed E-state index contributed by atoms with van der Waals surface area (Å²) in [5.74, 6) is -0.0814. The quantitative estimate of drug-likeness (QED) is 0.422. The van der Waals surface area contributed by atoms with Gasteiger partial charge in [0.15, 0.2) is 11.5 Å². The third kappa shape index (κ3) is 3.86. The van der Waals surface area contributed by atoms with Crippen LogP contribution in [0.1, 0.15) is 21.5 Å². The van der Waals surface area contributed by atoms with Gasteiger partial charge in [-0.1, -0.05) is 71.8 Å². The van der Waals surface area contributed by atoms with Gasteiger partial charge in [0.25, 0.3) is 5.91 Å². The average molecular weight is 443 g/mol. The monoisotopic (exact) mass is 442 g/mol. The first-order valence-corrected chi connectivity index (χ1v) is 10.4. The van der Waals surface area contributed by atoms with E-state index in [-0.39, 0.29) is 5.91 Å². The van der Waals surface area contributed by atoms with E-state index in [1.54, 1.807) is 21.6 Å². The Bertz CT molecular complexity index is 1410. The molecule has 1 amide bonds. The molecular weight excluding hydrogens is 424 g/mol. The lowest BCUT2D eigenvalue weighted by Gasteiger charge is -2.06. The van der Waals surface area contributed by atoms with Gasteiger partial charge >= 0.3 is 0 Å². The van der Waals surface area contributed by atoms with Crippen LogP contribution in [0.15, 0.2) is 79.3 Å². The van der Waals surface area contributed by atoms with Crippen molar-refractivity contribution in [2.75, 3.05) is 5.32 Å². The number of halogens is 1. The number of nitrogens with zero attached hydrogens (tertiary/aromatic N) is 5. The van der Waals surface area contributed by atoms with Gasteiger partial charge in [-0.15, -0.1) is 0 Å². The Morgan fingerprint density at radius 1 is 1.06 bits per heavy atom. The van der Waals surface area contributed by atoms with Crippen LogP contribution in [0.3, 0.4) is 0 Å². The maximum Gasteiger partial charge on any atom is 0.262 e. The van der Waals surface area contributed by atoms with E-state index in [2.05, 4.69) is 20.5 Å². The first kappa shape index (κ1) is 20.0. The maximum absolute atomic E-state index is 13.0. The van der Waals surface area contributed by atoms with Crippen LogP contribution in [-0.2, 0) is 6.54 Å². The number of aryl methyl sites for hydroxylation is 1. The van der Waals surface area contributed by atoms with Crippen molar-refractivity contribution in [1.82, 2.24) is 24.4 Å². The standard InChI is InChI=1S/C24H19ClN6O/c1-16-7-9-18(10-8-16)21-11-12-26-23-19(13-27-31(21)23)24(32)28-22-20(25)15-30(29-22)14-17-5-3-2-4-6-17/h2-13,15H,14H2,1H3,(H,28,29,32). The van der Waals surface area contributed by atoms with Crippen LogP contribution < -0.4 is 5.32 Å². The van der Waals surface area contributed by atoms with Crippen LogP contribution in [0, 0.1) is 6.92 Å². The van der Waals surface area contributed by atoms with Crippen LogP contribution in [-0.4, -0.2) is 30.3 Å². The summed E-state index contributed by atoms with van der Waals surface area (Å²) < 4.78 is 3.35. The highest BCUT2D eigenvalue weighted by Gasteiger charge is 2.19. The van der Waals surface area contributed by atoms with Crippen molar-refractivity contribution in [2.45, 2.75) is 13.5 Å². The number of rotatable bonds is 5. The van der Waals surface area contributed by atoms with Gasteiger partial charge in [0, 0.05) is 18.0 Å². The molecule has 3 heterocycles. The molecule has 2 aromatic carbocycles. The lowest BCUT2D eigenvalue weighted by Crippen LogP contribution is -2.13. The summed E-state index contributed by atoms with van der Waals surface area (Å²) in [6.07, 6.45) is 4.86. The van der Waals surface area contributed by atoms with Crippen LogP contribution in [0.25, 0.3) is 16.9 Å². The molecule has 0 saturated carbocycles. The smallest absolute Gasteiger partial charge is 0.262 e. The van der Waals surface area contributed by atoms with E-state index >= 15 is 0 Å². The van der Waals surface area contributed by atoms with E-state index in [1.165, 1.54) is 11.8 Å². The molecule has 0 radical (unpaired) electrons. The van der Waals surface area contributed by atoms with Crippen molar-refractivity contribution in [2.24, 2.45) is 0 Å². The molecular formula is C24H19ClN6O. The minimum atomic E-state index is -0.375. The van der Waals surface area contributed by atoms with Crippen molar-refractivity contribution in [1.29, 1.82) is 0 Å². The number of fused-ring (bicyclic) bond motifs is 1. The Morgan fingerprint density at radius 3 is 2.62 bits per heavy atom. The number of carbonyl (C=O) groups excluding carboxylic acids is 1. The minimum absolute atomic E-state index is 0.293. The molecule has 5 rings (SSSR count). The normalized spacial score (nSPS) is 11.1.